The molecule has 106 valence electrons. The second-order valence-electron chi connectivity index (χ2n) is 5.35. The number of methoxy groups -OCH3 is 1. The monoisotopic (exact) mass is 262 g/mol. The fraction of sp³-hybridized carbons (Fsp3) is 0.625. The fourth-order valence-corrected chi connectivity index (χ4v) is 2.96. The van der Waals surface area contributed by atoms with E-state index in [0.29, 0.717) is 12.1 Å². The molecule has 1 aromatic carbocycles. The predicted octanol–water partition coefficient (Wildman–Crippen LogP) is 2.23. The molecule has 3 nitrogen and oxygen atoms in total. The minimum atomic E-state index is 0.448. The number of likely N-dealkylation sites (N-methyl/N-ethyl adjacent to an activating group) is 1. The first-order valence-electron chi connectivity index (χ1n) is 7.30. The van der Waals surface area contributed by atoms with Gasteiger partial charge in [0, 0.05) is 25.7 Å². The number of hydrogen-bond acceptors (Lipinski definition) is 3. The molecule has 2 atom stereocenters. The zero-order valence-electron chi connectivity index (χ0n) is 12.4. The normalized spacial score (nSPS) is 20.3. The number of ether oxygens (including phenoxy) is 1. The van der Waals surface area contributed by atoms with Crippen molar-refractivity contribution in [1.82, 2.24) is 10.2 Å². The molecular formula is C16H26N2O. The van der Waals surface area contributed by atoms with Crippen molar-refractivity contribution < 1.29 is 4.74 Å². The first kappa shape index (κ1) is 14.5. The van der Waals surface area contributed by atoms with Crippen LogP contribution in [0.4, 0.5) is 0 Å². The van der Waals surface area contributed by atoms with Gasteiger partial charge in [0.1, 0.15) is 0 Å². The summed E-state index contributed by atoms with van der Waals surface area (Å²) >= 11 is 0. The van der Waals surface area contributed by atoms with Crippen LogP contribution in [0.2, 0.25) is 0 Å². The van der Waals surface area contributed by atoms with Crippen molar-refractivity contribution in [2.75, 3.05) is 33.4 Å². The number of rotatable bonds is 6. The number of hydrogen-bond donors (Lipinski definition) is 1. The van der Waals surface area contributed by atoms with Gasteiger partial charge in [0.2, 0.25) is 0 Å². The molecule has 1 heterocycles. The Kier molecular flexibility index (Phi) is 5.37. The minimum absolute atomic E-state index is 0.448. The Morgan fingerprint density at radius 3 is 2.95 bits per heavy atom. The molecular weight excluding hydrogens is 236 g/mol. The van der Waals surface area contributed by atoms with Crippen LogP contribution >= 0.6 is 0 Å². The average molecular weight is 262 g/mol. The fourth-order valence-electron chi connectivity index (χ4n) is 2.96. The van der Waals surface area contributed by atoms with E-state index in [-0.39, 0.29) is 0 Å². The van der Waals surface area contributed by atoms with Gasteiger partial charge in [0.15, 0.2) is 0 Å². The van der Waals surface area contributed by atoms with E-state index in [0.717, 1.165) is 32.7 Å². The lowest BCUT2D eigenvalue weighted by molar-refractivity contribution is 0.0950. The Labute approximate surface area is 116 Å². The molecule has 0 saturated heterocycles. The smallest absolute Gasteiger partial charge is 0.0615 e. The van der Waals surface area contributed by atoms with Crippen LogP contribution in [0.15, 0.2) is 24.3 Å². The summed E-state index contributed by atoms with van der Waals surface area (Å²) in [6, 6.07) is 9.73. The number of nitrogens with one attached hydrogen (secondary N) is 1. The van der Waals surface area contributed by atoms with Crippen LogP contribution in [0.5, 0.6) is 0 Å². The van der Waals surface area contributed by atoms with Gasteiger partial charge in [-0.3, -0.25) is 4.90 Å². The zero-order valence-corrected chi connectivity index (χ0v) is 12.4. The molecule has 0 aromatic heterocycles. The molecule has 0 saturated carbocycles. The minimum Gasteiger partial charge on any atom is -0.383 e. The van der Waals surface area contributed by atoms with Gasteiger partial charge in [0.25, 0.3) is 0 Å². The summed E-state index contributed by atoms with van der Waals surface area (Å²) < 4.78 is 5.28. The van der Waals surface area contributed by atoms with Gasteiger partial charge in [-0.05, 0) is 37.6 Å². The van der Waals surface area contributed by atoms with Crippen LogP contribution in [-0.2, 0) is 11.2 Å². The SMILES string of the molecule is CCN(CC1NCCc2ccccc21)C(C)COC. The van der Waals surface area contributed by atoms with Gasteiger partial charge in [-0.15, -0.1) is 0 Å². The van der Waals surface area contributed by atoms with Crippen LogP contribution < -0.4 is 5.32 Å². The van der Waals surface area contributed by atoms with Gasteiger partial charge in [0.05, 0.1) is 6.61 Å². The Balaban J connectivity index is 2.06. The molecule has 1 aliphatic heterocycles. The van der Waals surface area contributed by atoms with Crippen LogP contribution in [0.3, 0.4) is 0 Å². The van der Waals surface area contributed by atoms with E-state index < -0.39 is 0 Å². The molecule has 0 fully saturated rings. The van der Waals surface area contributed by atoms with Gasteiger partial charge in [-0.1, -0.05) is 31.2 Å². The van der Waals surface area contributed by atoms with Crippen molar-refractivity contribution in [3.05, 3.63) is 35.4 Å². The maximum atomic E-state index is 5.28. The zero-order chi connectivity index (χ0) is 13.7. The summed E-state index contributed by atoms with van der Waals surface area (Å²) in [4.78, 5) is 2.49. The predicted molar refractivity (Wildman–Crippen MR) is 79.5 cm³/mol. The molecule has 0 spiro atoms. The van der Waals surface area contributed by atoms with Crippen molar-refractivity contribution in [2.24, 2.45) is 0 Å². The second kappa shape index (κ2) is 7.04. The van der Waals surface area contributed by atoms with E-state index in [2.05, 4.69) is 48.3 Å². The molecule has 1 N–H and O–H groups in total. The third-order valence-electron chi connectivity index (χ3n) is 4.07. The Bertz CT molecular complexity index is 394. The third kappa shape index (κ3) is 3.56. The second-order valence-corrected chi connectivity index (χ2v) is 5.35. The Morgan fingerprint density at radius 1 is 1.42 bits per heavy atom. The van der Waals surface area contributed by atoms with E-state index >= 15 is 0 Å². The molecule has 0 radical (unpaired) electrons. The Hall–Kier alpha value is -0.900. The molecule has 19 heavy (non-hydrogen) atoms. The van der Waals surface area contributed by atoms with E-state index in [1.807, 2.05) is 0 Å². The summed E-state index contributed by atoms with van der Waals surface area (Å²) in [6.07, 6.45) is 1.15. The maximum Gasteiger partial charge on any atom is 0.0615 e. The highest BCUT2D eigenvalue weighted by Crippen LogP contribution is 2.23. The molecule has 2 unspecified atom stereocenters. The summed E-state index contributed by atoms with van der Waals surface area (Å²) in [7, 11) is 1.78. The first-order chi connectivity index (χ1) is 9.26. The molecule has 1 aromatic rings. The van der Waals surface area contributed by atoms with E-state index in [9.17, 15) is 0 Å². The van der Waals surface area contributed by atoms with Crippen molar-refractivity contribution >= 4 is 0 Å². The number of benzene rings is 1. The van der Waals surface area contributed by atoms with Gasteiger partial charge < -0.3 is 10.1 Å². The van der Waals surface area contributed by atoms with Crippen molar-refractivity contribution in [3.63, 3.8) is 0 Å². The number of nitrogens with zero attached hydrogens (tertiary/aromatic N) is 1. The van der Waals surface area contributed by atoms with Crippen LogP contribution in [0.25, 0.3) is 0 Å². The highest BCUT2D eigenvalue weighted by molar-refractivity contribution is 5.32. The highest BCUT2D eigenvalue weighted by atomic mass is 16.5. The summed E-state index contributed by atoms with van der Waals surface area (Å²) in [5.74, 6) is 0. The molecule has 3 heteroatoms. The molecule has 0 aliphatic carbocycles. The van der Waals surface area contributed by atoms with E-state index in [4.69, 9.17) is 4.74 Å². The van der Waals surface area contributed by atoms with Crippen LogP contribution in [0, 0.1) is 0 Å². The standard InChI is InChI=1S/C16H26N2O/c1-4-18(13(2)12-19-3)11-16-15-8-6-5-7-14(15)9-10-17-16/h5-8,13,16-17H,4,9-12H2,1-3H3. The largest absolute Gasteiger partial charge is 0.383 e. The van der Waals surface area contributed by atoms with E-state index in [1.165, 1.54) is 11.1 Å². The molecule has 0 amide bonds. The lowest BCUT2D eigenvalue weighted by Crippen LogP contribution is -2.44. The third-order valence-corrected chi connectivity index (χ3v) is 4.07. The highest BCUT2D eigenvalue weighted by Gasteiger charge is 2.23. The molecule has 0 bridgehead atoms. The van der Waals surface area contributed by atoms with Crippen molar-refractivity contribution in [3.8, 4) is 0 Å². The first-order valence-corrected chi connectivity index (χ1v) is 7.30. The van der Waals surface area contributed by atoms with Gasteiger partial charge in [-0.2, -0.15) is 0 Å². The average Bonchev–Trinajstić information content (AvgIpc) is 2.45. The molecule has 2 rings (SSSR count). The summed E-state index contributed by atoms with van der Waals surface area (Å²) in [5.41, 5.74) is 2.97. The molecule has 1 aliphatic rings. The lowest BCUT2D eigenvalue weighted by Gasteiger charge is -2.34. The van der Waals surface area contributed by atoms with Crippen LogP contribution in [-0.4, -0.2) is 44.3 Å². The lowest BCUT2D eigenvalue weighted by atomic mass is 9.94. The topological polar surface area (TPSA) is 24.5 Å². The summed E-state index contributed by atoms with van der Waals surface area (Å²) in [5, 5.41) is 3.65. The summed E-state index contributed by atoms with van der Waals surface area (Å²) in [6.45, 7) is 8.45. The van der Waals surface area contributed by atoms with E-state index in [1.54, 1.807) is 7.11 Å². The van der Waals surface area contributed by atoms with Gasteiger partial charge in [-0.25, -0.2) is 0 Å². The van der Waals surface area contributed by atoms with Crippen LogP contribution in [0.1, 0.15) is 31.0 Å². The maximum absolute atomic E-state index is 5.28. The van der Waals surface area contributed by atoms with Crippen molar-refractivity contribution in [1.29, 1.82) is 0 Å². The van der Waals surface area contributed by atoms with Gasteiger partial charge >= 0.3 is 0 Å². The number of fused-ring (bicyclic) bond motifs is 1. The Morgan fingerprint density at radius 2 is 2.21 bits per heavy atom. The van der Waals surface area contributed by atoms with Crippen molar-refractivity contribution in [2.45, 2.75) is 32.4 Å². The quantitative estimate of drug-likeness (QED) is 0.851.